The molecule has 11 heteroatoms. The Bertz CT molecular complexity index is 996. The highest BCUT2D eigenvalue weighted by Crippen LogP contribution is 2.31. The number of rotatable bonds is 5. The van der Waals surface area contributed by atoms with Gasteiger partial charge in [-0.15, -0.1) is 21.5 Å². The highest BCUT2D eigenvalue weighted by atomic mass is 32.1. The zero-order chi connectivity index (χ0) is 21.1. The predicted octanol–water partition coefficient (Wildman–Crippen LogP) is 2.76. The van der Waals surface area contributed by atoms with E-state index in [1.165, 1.54) is 17.0 Å². The largest absolute Gasteiger partial charge is 0.416 e. The minimum absolute atomic E-state index is 0.0506. The van der Waals surface area contributed by atoms with E-state index in [0.29, 0.717) is 13.1 Å². The van der Waals surface area contributed by atoms with Crippen LogP contribution in [-0.2, 0) is 24.1 Å². The van der Waals surface area contributed by atoms with Gasteiger partial charge < -0.3 is 4.90 Å². The van der Waals surface area contributed by atoms with Gasteiger partial charge in [-0.3, -0.25) is 9.69 Å². The summed E-state index contributed by atoms with van der Waals surface area (Å²) >= 11 is 1.72. The third-order valence-corrected chi connectivity index (χ3v) is 5.72. The second kappa shape index (κ2) is 8.52. The van der Waals surface area contributed by atoms with Crippen LogP contribution in [0.1, 0.15) is 10.4 Å². The minimum atomic E-state index is -4.45. The first-order valence-electron chi connectivity index (χ1n) is 9.36. The third kappa shape index (κ3) is 4.85. The number of benzene rings is 1. The lowest BCUT2D eigenvalue weighted by Crippen LogP contribution is -2.49. The normalized spacial score (nSPS) is 15.5. The monoisotopic (exact) mass is 436 g/mol. The van der Waals surface area contributed by atoms with Crippen LogP contribution in [-0.4, -0.2) is 62.1 Å². The summed E-state index contributed by atoms with van der Waals surface area (Å²) in [4.78, 5) is 19.0. The van der Waals surface area contributed by atoms with Gasteiger partial charge in [0.25, 0.3) is 0 Å². The quantitative estimate of drug-likeness (QED) is 0.615. The van der Waals surface area contributed by atoms with Crippen LogP contribution < -0.4 is 0 Å². The summed E-state index contributed by atoms with van der Waals surface area (Å²) in [6.07, 6.45) is -4.45. The van der Waals surface area contributed by atoms with Gasteiger partial charge in [-0.25, -0.2) is 0 Å². The first-order chi connectivity index (χ1) is 14.4. The molecule has 1 amide bonds. The number of aromatic nitrogens is 4. The highest BCUT2D eigenvalue weighted by molar-refractivity contribution is 7.09. The fourth-order valence-electron chi connectivity index (χ4n) is 3.26. The van der Waals surface area contributed by atoms with Gasteiger partial charge in [0.1, 0.15) is 6.54 Å². The van der Waals surface area contributed by atoms with E-state index in [2.05, 4.69) is 26.4 Å². The van der Waals surface area contributed by atoms with E-state index >= 15 is 0 Å². The Kier molecular flexibility index (Phi) is 5.82. The molecule has 1 aliphatic heterocycles. The summed E-state index contributed by atoms with van der Waals surface area (Å²) in [5, 5.41) is 13.7. The molecular formula is C19H19F3N6OS. The predicted molar refractivity (Wildman–Crippen MR) is 104 cm³/mol. The molecule has 1 aromatic carbocycles. The number of alkyl halides is 3. The van der Waals surface area contributed by atoms with Gasteiger partial charge in [0.15, 0.2) is 0 Å². The zero-order valence-corrected chi connectivity index (χ0v) is 16.7. The van der Waals surface area contributed by atoms with Crippen molar-refractivity contribution in [3.05, 3.63) is 52.2 Å². The lowest BCUT2D eigenvalue weighted by Gasteiger charge is -2.34. The molecule has 7 nitrogen and oxygen atoms in total. The number of hydrogen-bond acceptors (Lipinski definition) is 6. The molecule has 0 aliphatic carbocycles. The van der Waals surface area contributed by atoms with Crippen molar-refractivity contribution in [2.75, 3.05) is 26.2 Å². The van der Waals surface area contributed by atoms with Gasteiger partial charge >= 0.3 is 6.18 Å². The van der Waals surface area contributed by atoms with Crippen molar-refractivity contribution >= 4 is 17.2 Å². The Balaban J connectivity index is 1.33. The average Bonchev–Trinajstić information content (AvgIpc) is 3.40. The van der Waals surface area contributed by atoms with Crippen LogP contribution in [0.15, 0.2) is 41.8 Å². The second-order valence-electron chi connectivity index (χ2n) is 6.96. The summed E-state index contributed by atoms with van der Waals surface area (Å²) in [7, 11) is 0. The molecule has 0 N–H and O–H groups in total. The number of tetrazole rings is 1. The van der Waals surface area contributed by atoms with Gasteiger partial charge in [0.2, 0.25) is 11.7 Å². The van der Waals surface area contributed by atoms with Crippen LogP contribution >= 0.6 is 11.3 Å². The van der Waals surface area contributed by atoms with E-state index in [1.807, 2.05) is 11.4 Å². The molecule has 1 aliphatic rings. The standard InChI is InChI=1S/C19H19F3N6OS/c20-19(21,22)15-4-1-3-14(11-15)18-23-25-28(24-18)13-17(29)27-8-6-26(7-9-27)12-16-5-2-10-30-16/h1-5,10-11H,6-9,12-13H2. The van der Waals surface area contributed by atoms with Gasteiger partial charge in [0, 0.05) is 43.2 Å². The van der Waals surface area contributed by atoms with Crippen LogP contribution in [0.2, 0.25) is 0 Å². The molecule has 158 valence electrons. The van der Waals surface area contributed by atoms with E-state index in [4.69, 9.17) is 0 Å². The van der Waals surface area contributed by atoms with Gasteiger partial charge in [-0.05, 0) is 28.8 Å². The number of halogens is 3. The molecule has 1 fully saturated rings. The average molecular weight is 436 g/mol. The molecule has 4 rings (SSSR count). The van der Waals surface area contributed by atoms with Gasteiger partial charge in [-0.2, -0.15) is 18.0 Å². The maximum Gasteiger partial charge on any atom is 0.416 e. The van der Waals surface area contributed by atoms with Crippen LogP contribution in [0.4, 0.5) is 13.2 Å². The second-order valence-corrected chi connectivity index (χ2v) is 7.99. The maximum atomic E-state index is 12.9. The molecule has 1 saturated heterocycles. The van der Waals surface area contributed by atoms with E-state index in [1.54, 1.807) is 16.2 Å². The summed E-state index contributed by atoms with van der Waals surface area (Å²) < 4.78 is 38.7. The van der Waals surface area contributed by atoms with Crippen molar-refractivity contribution < 1.29 is 18.0 Å². The Morgan fingerprint density at radius 3 is 2.60 bits per heavy atom. The fourth-order valence-corrected chi connectivity index (χ4v) is 4.01. The van der Waals surface area contributed by atoms with Crippen LogP contribution in [0.25, 0.3) is 11.4 Å². The Morgan fingerprint density at radius 1 is 1.10 bits per heavy atom. The van der Waals surface area contributed by atoms with Crippen LogP contribution in [0, 0.1) is 0 Å². The number of hydrogen-bond donors (Lipinski definition) is 0. The number of piperazine rings is 1. The molecule has 30 heavy (non-hydrogen) atoms. The molecule has 0 unspecified atom stereocenters. The zero-order valence-electron chi connectivity index (χ0n) is 15.9. The van der Waals surface area contributed by atoms with E-state index in [0.717, 1.165) is 36.6 Å². The molecule has 2 aromatic heterocycles. The Labute approximate surface area is 174 Å². The molecule has 0 atom stereocenters. The lowest BCUT2D eigenvalue weighted by atomic mass is 10.1. The summed E-state index contributed by atoms with van der Waals surface area (Å²) in [6.45, 7) is 3.56. The van der Waals surface area contributed by atoms with Crippen molar-refractivity contribution in [2.45, 2.75) is 19.3 Å². The molecule has 0 bridgehead atoms. The molecule has 3 aromatic rings. The SMILES string of the molecule is O=C(Cn1nnc(-c2cccc(C(F)(F)F)c2)n1)N1CCN(Cc2cccs2)CC1. The van der Waals surface area contributed by atoms with Crippen molar-refractivity contribution in [1.82, 2.24) is 30.0 Å². The molecule has 0 spiro atoms. The summed E-state index contributed by atoms with van der Waals surface area (Å²) in [5.41, 5.74) is -0.585. The number of nitrogens with zero attached hydrogens (tertiary/aromatic N) is 6. The van der Waals surface area contributed by atoms with E-state index < -0.39 is 11.7 Å². The summed E-state index contributed by atoms with van der Waals surface area (Å²) in [6, 6.07) is 8.84. The smallest absolute Gasteiger partial charge is 0.338 e. The van der Waals surface area contributed by atoms with Crippen molar-refractivity contribution in [3.8, 4) is 11.4 Å². The molecule has 3 heterocycles. The topological polar surface area (TPSA) is 67.2 Å². The number of carbonyl (C=O) groups is 1. The molecule has 0 radical (unpaired) electrons. The van der Waals surface area contributed by atoms with Gasteiger partial charge in [-0.1, -0.05) is 18.2 Å². The van der Waals surface area contributed by atoms with E-state index in [9.17, 15) is 18.0 Å². The fraction of sp³-hybridized carbons (Fsp3) is 0.368. The molecule has 0 saturated carbocycles. The Hall–Kier alpha value is -2.79. The third-order valence-electron chi connectivity index (χ3n) is 4.86. The first-order valence-corrected chi connectivity index (χ1v) is 10.2. The maximum absolute atomic E-state index is 12.9. The number of amides is 1. The van der Waals surface area contributed by atoms with Gasteiger partial charge in [0.05, 0.1) is 5.56 Å². The Morgan fingerprint density at radius 2 is 1.90 bits per heavy atom. The van der Waals surface area contributed by atoms with Crippen molar-refractivity contribution in [3.63, 3.8) is 0 Å². The van der Waals surface area contributed by atoms with E-state index in [-0.39, 0.29) is 23.8 Å². The lowest BCUT2D eigenvalue weighted by molar-refractivity contribution is -0.137. The number of thiophene rings is 1. The minimum Gasteiger partial charge on any atom is -0.338 e. The first kappa shape index (κ1) is 20.5. The molecular weight excluding hydrogens is 417 g/mol. The highest BCUT2D eigenvalue weighted by Gasteiger charge is 2.31. The summed E-state index contributed by atoms with van der Waals surface area (Å²) in [5.74, 6) is -0.0894. The number of carbonyl (C=O) groups excluding carboxylic acids is 1. The van der Waals surface area contributed by atoms with Crippen molar-refractivity contribution in [2.24, 2.45) is 0 Å². The van der Waals surface area contributed by atoms with Crippen LogP contribution in [0.5, 0.6) is 0 Å². The van der Waals surface area contributed by atoms with Crippen molar-refractivity contribution in [1.29, 1.82) is 0 Å². The van der Waals surface area contributed by atoms with Crippen LogP contribution in [0.3, 0.4) is 0 Å².